The lowest BCUT2D eigenvalue weighted by Crippen LogP contribution is -2.46. The van der Waals surface area contributed by atoms with E-state index in [0.29, 0.717) is 23.6 Å². The highest BCUT2D eigenvalue weighted by atomic mass is 19.1. The molecule has 0 bridgehead atoms. The third-order valence-corrected chi connectivity index (χ3v) is 6.11. The number of carbonyl (C=O) groups is 2. The van der Waals surface area contributed by atoms with E-state index in [0.717, 1.165) is 24.2 Å². The molecule has 1 aliphatic heterocycles. The van der Waals surface area contributed by atoms with Crippen molar-refractivity contribution in [3.05, 3.63) is 89.1 Å². The maximum Gasteiger partial charge on any atom is 0.322 e. The van der Waals surface area contributed by atoms with Crippen LogP contribution in [0.25, 0.3) is 0 Å². The number of amides is 3. The molecule has 0 spiro atoms. The first-order chi connectivity index (χ1) is 17.9. The van der Waals surface area contributed by atoms with Crippen LogP contribution in [0.2, 0.25) is 0 Å². The maximum absolute atomic E-state index is 13.6. The van der Waals surface area contributed by atoms with Crippen LogP contribution >= 0.6 is 0 Å². The summed E-state index contributed by atoms with van der Waals surface area (Å²) in [5.74, 6) is 0.698. The Morgan fingerprint density at radius 1 is 1.05 bits per heavy atom. The van der Waals surface area contributed by atoms with Gasteiger partial charge in [0, 0.05) is 25.4 Å². The number of urea groups is 1. The van der Waals surface area contributed by atoms with Crippen LogP contribution in [0.4, 0.5) is 14.9 Å². The zero-order valence-electron chi connectivity index (χ0n) is 20.7. The first-order valence-electron chi connectivity index (χ1n) is 12.1. The summed E-state index contributed by atoms with van der Waals surface area (Å²) in [7, 11) is 0. The van der Waals surface area contributed by atoms with Gasteiger partial charge in [0.05, 0.1) is 24.3 Å². The molecule has 9 heteroatoms. The number of rotatable bonds is 9. The molecule has 0 unspecified atom stereocenters. The maximum atomic E-state index is 13.6. The lowest BCUT2D eigenvalue weighted by molar-refractivity contribution is -0.133. The molecule has 2 heterocycles. The van der Waals surface area contributed by atoms with Crippen molar-refractivity contribution in [2.45, 2.75) is 39.0 Å². The predicted molar refractivity (Wildman–Crippen MR) is 135 cm³/mol. The second-order valence-corrected chi connectivity index (χ2v) is 9.02. The van der Waals surface area contributed by atoms with Crippen LogP contribution in [0.5, 0.6) is 0 Å². The van der Waals surface area contributed by atoms with Crippen molar-refractivity contribution < 1.29 is 23.1 Å². The van der Waals surface area contributed by atoms with Gasteiger partial charge in [-0.2, -0.15) is 5.26 Å². The predicted octanol–water partition coefficient (Wildman–Crippen LogP) is 4.84. The number of ether oxygens (including phenoxy) is 1. The van der Waals surface area contributed by atoms with Crippen molar-refractivity contribution in [3.63, 3.8) is 0 Å². The number of benzene rings is 2. The summed E-state index contributed by atoms with van der Waals surface area (Å²) in [4.78, 5) is 29.8. The van der Waals surface area contributed by atoms with E-state index < -0.39 is 6.03 Å². The van der Waals surface area contributed by atoms with E-state index in [1.54, 1.807) is 41.3 Å². The first-order valence-corrected chi connectivity index (χ1v) is 12.1. The largest absolute Gasteiger partial charge is 0.464 e. The summed E-state index contributed by atoms with van der Waals surface area (Å²) >= 11 is 0. The van der Waals surface area contributed by atoms with E-state index >= 15 is 0 Å². The average Bonchev–Trinajstić information content (AvgIpc) is 3.56. The number of anilines is 1. The zero-order chi connectivity index (χ0) is 26.2. The van der Waals surface area contributed by atoms with Gasteiger partial charge >= 0.3 is 6.03 Å². The standard InChI is InChI=1S/C28H29FN4O4/c1-20-4-13-26(37-20)18-32(16-22-5-9-23(29)10-6-22)27(34)19-33(17-25-3-2-14-36-25)28(35)31-24-11-7-21(15-30)8-12-24/h4-13,25H,2-3,14,16-19H2,1H3,(H,31,35)/t25-/m1/s1. The molecule has 1 aliphatic rings. The molecule has 3 amide bonds. The van der Waals surface area contributed by atoms with Gasteiger partial charge in [-0.1, -0.05) is 12.1 Å². The zero-order valence-corrected chi connectivity index (χ0v) is 20.7. The van der Waals surface area contributed by atoms with Crippen LogP contribution in [0.15, 0.2) is 65.1 Å². The molecule has 0 radical (unpaired) electrons. The van der Waals surface area contributed by atoms with Gasteiger partial charge in [-0.05, 0) is 73.9 Å². The van der Waals surface area contributed by atoms with Gasteiger partial charge in [0.2, 0.25) is 5.91 Å². The van der Waals surface area contributed by atoms with Gasteiger partial charge in [0.25, 0.3) is 0 Å². The topological polar surface area (TPSA) is 98.8 Å². The van der Waals surface area contributed by atoms with Crippen LogP contribution in [0.1, 0.15) is 35.5 Å². The van der Waals surface area contributed by atoms with E-state index in [9.17, 15) is 14.0 Å². The molecule has 0 saturated carbocycles. The fraction of sp³-hybridized carbons (Fsp3) is 0.321. The molecule has 0 aliphatic carbocycles. The number of nitrogens with zero attached hydrogens (tertiary/aromatic N) is 3. The Balaban J connectivity index is 1.51. The number of hydrogen-bond donors (Lipinski definition) is 1. The van der Waals surface area contributed by atoms with Gasteiger partial charge in [0.15, 0.2) is 0 Å². The van der Waals surface area contributed by atoms with Crippen molar-refractivity contribution >= 4 is 17.6 Å². The molecule has 1 aromatic heterocycles. The van der Waals surface area contributed by atoms with Crippen molar-refractivity contribution in [3.8, 4) is 6.07 Å². The molecule has 2 aromatic carbocycles. The summed E-state index contributed by atoms with van der Waals surface area (Å²) < 4.78 is 24.9. The summed E-state index contributed by atoms with van der Waals surface area (Å²) in [6, 6.07) is 17.7. The lowest BCUT2D eigenvalue weighted by atomic mass is 10.2. The Hall–Kier alpha value is -4.16. The van der Waals surface area contributed by atoms with Crippen LogP contribution in [0, 0.1) is 24.1 Å². The Kier molecular flexibility index (Phi) is 8.54. The molecule has 4 rings (SSSR count). The summed E-state index contributed by atoms with van der Waals surface area (Å²) in [6.07, 6.45) is 1.55. The van der Waals surface area contributed by atoms with E-state index in [1.807, 2.05) is 25.1 Å². The molecule has 192 valence electrons. The van der Waals surface area contributed by atoms with Crippen LogP contribution in [-0.4, -0.2) is 47.5 Å². The SMILES string of the molecule is Cc1ccc(CN(Cc2ccc(F)cc2)C(=O)CN(C[C@H]2CCCO2)C(=O)Nc2ccc(C#N)cc2)o1. The van der Waals surface area contributed by atoms with Crippen LogP contribution < -0.4 is 5.32 Å². The lowest BCUT2D eigenvalue weighted by Gasteiger charge is -2.29. The Bertz CT molecular complexity index is 1240. The van der Waals surface area contributed by atoms with E-state index in [-0.39, 0.29) is 44.0 Å². The second-order valence-electron chi connectivity index (χ2n) is 9.02. The first kappa shape index (κ1) is 25.9. The molecule has 1 N–H and O–H groups in total. The van der Waals surface area contributed by atoms with Gasteiger partial charge < -0.3 is 24.3 Å². The van der Waals surface area contributed by atoms with E-state index in [2.05, 4.69) is 5.32 Å². The Labute approximate surface area is 215 Å². The minimum absolute atomic E-state index is 0.155. The molecule has 1 fully saturated rings. The molecular weight excluding hydrogens is 475 g/mol. The molecular formula is C28H29FN4O4. The third-order valence-electron chi connectivity index (χ3n) is 6.11. The Morgan fingerprint density at radius 2 is 1.81 bits per heavy atom. The summed E-state index contributed by atoms with van der Waals surface area (Å²) in [6.45, 7) is 2.96. The quantitative estimate of drug-likeness (QED) is 0.450. The minimum Gasteiger partial charge on any atom is -0.464 e. The smallest absolute Gasteiger partial charge is 0.322 e. The summed E-state index contributed by atoms with van der Waals surface area (Å²) in [5, 5.41) is 11.8. The number of carbonyl (C=O) groups excluding carboxylic acids is 2. The third kappa shape index (κ3) is 7.41. The number of halogens is 1. The van der Waals surface area contributed by atoms with Gasteiger partial charge in [-0.25, -0.2) is 9.18 Å². The fourth-order valence-electron chi connectivity index (χ4n) is 4.15. The van der Waals surface area contributed by atoms with E-state index in [4.69, 9.17) is 14.4 Å². The van der Waals surface area contributed by atoms with Crippen molar-refractivity contribution in [1.29, 1.82) is 5.26 Å². The van der Waals surface area contributed by atoms with Crippen molar-refractivity contribution in [2.24, 2.45) is 0 Å². The van der Waals surface area contributed by atoms with Crippen molar-refractivity contribution in [1.82, 2.24) is 9.80 Å². The molecule has 1 atom stereocenters. The minimum atomic E-state index is -0.441. The van der Waals surface area contributed by atoms with Gasteiger partial charge in [-0.15, -0.1) is 0 Å². The van der Waals surface area contributed by atoms with Gasteiger partial charge in [0.1, 0.15) is 23.9 Å². The number of nitrogens with one attached hydrogen (secondary N) is 1. The van der Waals surface area contributed by atoms with E-state index in [1.165, 1.54) is 17.0 Å². The summed E-state index contributed by atoms with van der Waals surface area (Å²) in [5.41, 5.74) is 1.75. The highest BCUT2D eigenvalue weighted by Crippen LogP contribution is 2.18. The molecule has 3 aromatic rings. The molecule has 1 saturated heterocycles. The molecule has 37 heavy (non-hydrogen) atoms. The highest BCUT2D eigenvalue weighted by Gasteiger charge is 2.27. The average molecular weight is 505 g/mol. The van der Waals surface area contributed by atoms with Crippen molar-refractivity contribution in [2.75, 3.05) is 25.0 Å². The fourth-order valence-corrected chi connectivity index (χ4v) is 4.15. The monoisotopic (exact) mass is 504 g/mol. The Morgan fingerprint density at radius 3 is 2.43 bits per heavy atom. The van der Waals surface area contributed by atoms with Gasteiger partial charge in [-0.3, -0.25) is 4.79 Å². The van der Waals surface area contributed by atoms with Crippen LogP contribution in [-0.2, 0) is 22.6 Å². The van der Waals surface area contributed by atoms with Crippen LogP contribution in [0.3, 0.4) is 0 Å². The number of aryl methyl sites for hydroxylation is 1. The normalized spacial score (nSPS) is 14.7. The highest BCUT2D eigenvalue weighted by molar-refractivity contribution is 5.92. The molecule has 8 nitrogen and oxygen atoms in total. The number of nitriles is 1. The number of hydrogen-bond acceptors (Lipinski definition) is 5. The number of furan rings is 1. The second kappa shape index (κ2) is 12.2.